The molecule has 0 bridgehead atoms. The van der Waals surface area contributed by atoms with Crippen molar-refractivity contribution in [2.24, 2.45) is 0 Å². The highest BCUT2D eigenvalue weighted by molar-refractivity contribution is 8.01. The van der Waals surface area contributed by atoms with Gasteiger partial charge in [0.15, 0.2) is 0 Å². The maximum absolute atomic E-state index is 8.26. The molecule has 0 rings (SSSR count). The number of hydrogen-bond donors (Lipinski definition) is 1. The van der Waals surface area contributed by atoms with Gasteiger partial charge in [0, 0.05) is 12.5 Å². The second kappa shape index (κ2) is 4.54. The number of hydrogen-bond acceptors (Lipinski definition) is 3. The number of nitrogens with zero attached hydrogens (tertiary/aromatic N) is 1. The van der Waals surface area contributed by atoms with Gasteiger partial charge in [-0.15, -0.1) is 11.8 Å². The standard InChI is InChI=1S/C5H8N2S/c1-7-5(3-6)4-8-2/h4,7H,1-2H3/b5-4-. The third-order valence-corrected chi connectivity index (χ3v) is 1.10. The van der Waals surface area contributed by atoms with Gasteiger partial charge < -0.3 is 5.32 Å². The normalized spacial score (nSPS) is 10.4. The first-order chi connectivity index (χ1) is 3.85. The molecule has 0 atom stereocenters. The molecule has 0 heterocycles. The van der Waals surface area contributed by atoms with Crippen LogP contribution in [0.2, 0.25) is 0 Å². The molecule has 2 nitrogen and oxygen atoms in total. The first-order valence-corrected chi connectivity index (χ1v) is 3.44. The highest BCUT2D eigenvalue weighted by atomic mass is 32.2. The van der Waals surface area contributed by atoms with Crippen molar-refractivity contribution in [2.45, 2.75) is 0 Å². The largest absolute Gasteiger partial charge is 0.379 e. The zero-order chi connectivity index (χ0) is 6.41. The maximum atomic E-state index is 8.26. The van der Waals surface area contributed by atoms with Crippen LogP contribution in [0.15, 0.2) is 11.1 Å². The fraction of sp³-hybridized carbons (Fsp3) is 0.400. The summed E-state index contributed by atoms with van der Waals surface area (Å²) in [6.45, 7) is 0. The summed E-state index contributed by atoms with van der Waals surface area (Å²) in [5.74, 6) is 0. The SMILES string of the molecule is CN/C(C#N)=C\SC. The molecular weight excluding hydrogens is 120 g/mol. The van der Waals surface area contributed by atoms with E-state index in [1.807, 2.05) is 12.3 Å². The van der Waals surface area contributed by atoms with Gasteiger partial charge in [0.2, 0.25) is 0 Å². The molecule has 0 aliphatic carbocycles. The molecule has 0 saturated heterocycles. The van der Waals surface area contributed by atoms with Crippen molar-refractivity contribution in [2.75, 3.05) is 13.3 Å². The number of rotatable bonds is 2. The summed E-state index contributed by atoms with van der Waals surface area (Å²) in [6, 6.07) is 1.98. The van der Waals surface area contributed by atoms with Crippen molar-refractivity contribution in [1.82, 2.24) is 5.32 Å². The number of allylic oxidation sites excluding steroid dienone is 1. The summed E-state index contributed by atoms with van der Waals surface area (Å²) >= 11 is 1.51. The molecule has 1 N–H and O–H groups in total. The second-order valence-electron chi connectivity index (χ2n) is 1.13. The van der Waals surface area contributed by atoms with E-state index < -0.39 is 0 Å². The van der Waals surface area contributed by atoms with Crippen LogP contribution in [-0.4, -0.2) is 13.3 Å². The van der Waals surface area contributed by atoms with Crippen LogP contribution in [0.1, 0.15) is 0 Å². The van der Waals surface area contributed by atoms with Crippen molar-refractivity contribution in [1.29, 1.82) is 5.26 Å². The number of thioether (sulfide) groups is 1. The van der Waals surface area contributed by atoms with E-state index in [1.54, 1.807) is 12.5 Å². The predicted octanol–water partition coefficient (Wildman–Crippen LogP) is 0.934. The summed E-state index contributed by atoms with van der Waals surface area (Å²) in [6.07, 6.45) is 1.91. The fourth-order valence-electron chi connectivity index (χ4n) is 0.259. The third kappa shape index (κ3) is 2.54. The van der Waals surface area contributed by atoms with E-state index >= 15 is 0 Å². The van der Waals surface area contributed by atoms with Crippen LogP contribution in [0.4, 0.5) is 0 Å². The van der Waals surface area contributed by atoms with Crippen LogP contribution in [0.25, 0.3) is 0 Å². The van der Waals surface area contributed by atoms with Gasteiger partial charge in [0.25, 0.3) is 0 Å². The molecule has 0 aliphatic rings. The lowest BCUT2D eigenvalue weighted by molar-refractivity contribution is 1.04. The molecule has 0 aromatic heterocycles. The smallest absolute Gasteiger partial charge is 0.119 e. The molecule has 0 saturated carbocycles. The molecule has 0 fully saturated rings. The lowest BCUT2D eigenvalue weighted by atomic mass is 10.6. The van der Waals surface area contributed by atoms with Crippen LogP contribution in [0, 0.1) is 11.3 Å². The zero-order valence-electron chi connectivity index (χ0n) is 4.93. The first-order valence-electron chi connectivity index (χ1n) is 2.16. The molecule has 0 radical (unpaired) electrons. The Morgan fingerprint density at radius 1 is 1.88 bits per heavy atom. The van der Waals surface area contributed by atoms with Gasteiger partial charge in [-0.05, 0) is 6.26 Å². The lowest BCUT2D eigenvalue weighted by Gasteiger charge is -1.90. The van der Waals surface area contributed by atoms with E-state index in [0.29, 0.717) is 5.70 Å². The molecule has 0 aromatic carbocycles. The summed E-state index contributed by atoms with van der Waals surface area (Å²) in [5, 5.41) is 12.8. The van der Waals surface area contributed by atoms with Crippen molar-refractivity contribution >= 4 is 11.8 Å². The molecule has 44 valence electrons. The van der Waals surface area contributed by atoms with Gasteiger partial charge in [0.05, 0.1) is 0 Å². The van der Waals surface area contributed by atoms with Crippen LogP contribution in [-0.2, 0) is 0 Å². The van der Waals surface area contributed by atoms with E-state index in [1.165, 1.54) is 11.8 Å². The molecule has 3 heteroatoms. The Bertz CT molecular complexity index is 123. The van der Waals surface area contributed by atoms with Crippen molar-refractivity contribution in [3.8, 4) is 6.07 Å². The van der Waals surface area contributed by atoms with Crippen LogP contribution < -0.4 is 5.32 Å². The van der Waals surface area contributed by atoms with Gasteiger partial charge in [-0.3, -0.25) is 0 Å². The summed E-state index contributed by atoms with van der Waals surface area (Å²) in [5.41, 5.74) is 0.609. The molecular formula is C5H8N2S. The summed E-state index contributed by atoms with van der Waals surface area (Å²) < 4.78 is 0. The second-order valence-corrected chi connectivity index (χ2v) is 1.84. The predicted molar refractivity (Wildman–Crippen MR) is 36.3 cm³/mol. The van der Waals surface area contributed by atoms with Gasteiger partial charge in [-0.2, -0.15) is 5.26 Å². The Labute approximate surface area is 53.6 Å². The van der Waals surface area contributed by atoms with Gasteiger partial charge in [-0.25, -0.2) is 0 Å². The van der Waals surface area contributed by atoms with Crippen molar-refractivity contribution < 1.29 is 0 Å². The monoisotopic (exact) mass is 128 g/mol. The number of nitrogens with one attached hydrogen (secondary N) is 1. The molecule has 0 aromatic rings. The van der Waals surface area contributed by atoms with Crippen LogP contribution >= 0.6 is 11.8 Å². The van der Waals surface area contributed by atoms with E-state index in [9.17, 15) is 0 Å². The minimum atomic E-state index is 0.609. The highest BCUT2D eigenvalue weighted by Gasteiger charge is 1.83. The number of nitriles is 1. The van der Waals surface area contributed by atoms with Crippen LogP contribution in [0.5, 0.6) is 0 Å². The van der Waals surface area contributed by atoms with Crippen molar-refractivity contribution in [3.63, 3.8) is 0 Å². The Morgan fingerprint density at radius 3 is 2.62 bits per heavy atom. The summed E-state index contributed by atoms with van der Waals surface area (Å²) in [7, 11) is 1.73. The van der Waals surface area contributed by atoms with Gasteiger partial charge in [-0.1, -0.05) is 0 Å². The Morgan fingerprint density at radius 2 is 2.50 bits per heavy atom. The van der Waals surface area contributed by atoms with Crippen molar-refractivity contribution in [3.05, 3.63) is 11.1 Å². The van der Waals surface area contributed by atoms with Gasteiger partial charge >= 0.3 is 0 Å². The Kier molecular flexibility index (Phi) is 4.19. The average molecular weight is 128 g/mol. The minimum absolute atomic E-state index is 0.609. The molecule has 0 amide bonds. The molecule has 0 spiro atoms. The van der Waals surface area contributed by atoms with Crippen LogP contribution in [0.3, 0.4) is 0 Å². The molecule has 0 unspecified atom stereocenters. The molecule has 0 aliphatic heterocycles. The highest BCUT2D eigenvalue weighted by Crippen LogP contribution is 1.96. The zero-order valence-corrected chi connectivity index (χ0v) is 5.75. The van der Waals surface area contributed by atoms with Gasteiger partial charge in [0.1, 0.15) is 11.8 Å². The molecule has 8 heavy (non-hydrogen) atoms. The Hall–Kier alpha value is -0.620. The topological polar surface area (TPSA) is 35.8 Å². The quantitative estimate of drug-likeness (QED) is 0.562. The van der Waals surface area contributed by atoms with E-state index in [2.05, 4.69) is 5.32 Å². The summed E-state index contributed by atoms with van der Waals surface area (Å²) in [4.78, 5) is 0. The average Bonchev–Trinajstić information content (AvgIpc) is 1.83. The maximum Gasteiger partial charge on any atom is 0.119 e. The lowest BCUT2D eigenvalue weighted by Crippen LogP contribution is -2.01. The van der Waals surface area contributed by atoms with E-state index in [-0.39, 0.29) is 0 Å². The van der Waals surface area contributed by atoms with E-state index in [0.717, 1.165) is 0 Å². The first kappa shape index (κ1) is 7.38. The minimum Gasteiger partial charge on any atom is -0.379 e. The fourth-order valence-corrected chi connectivity index (χ4v) is 0.665. The Balaban J connectivity index is 3.72. The van der Waals surface area contributed by atoms with E-state index in [4.69, 9.17) is 5.26 Å². The third-order valence-electron chi connectivity index (χ3n) is 0.625.